The van der Waals surface area contributed by atoms with Crippen LogP contribution in [0.15, 0.2) is 103 Å². The summed E-state index contributed by atoms with van der Waals surface area (Å²) in [5.41, 5.74) is 26.8. The number of fused-ring (bicyclic) bond motifs is 7. The molecule has 0 fully saturated rings. The molecule has 2 heterocycles. The molecule has 0 spiro atoms. The van der Waals surface area contributed by atoms with E-state index in [1.807, 2.05) is 0 Å². The fraction of sp³-hybridized carbons (Fsp3) is 0.438. The molecule has 3 heteroatoms. The largest absolute Gasteiger partial charge is 0.311 e. The quantitative estimate of drug-likeness (QED) is 0.163. The van der Waals surface area contributed by atoms with Crippen LogP contribution in [0, 0.1) is 6.92 Å². The van der Waals surface area contributed by atoms with Crippen molar-refractivity contribution in [2.45, 2.75) is 181 Å². The van der Waals surface area contributed by atoms with Crippen molar-refractivity contribution in [3.8, 4) is 11.1 Å². The van der Waals surface area contributed by atoms with Crippen LogP contribution in [0.1, 0.15) is 180 Å². The monoisotopic (exact) mass is 883 g/mol. The number of nitrogens with zero attached hydrogens (tertiary/aromatic N) is 2. The lowest BCUT2D eigenvalue weighted by molar-refractivity contribution is 0.332. The summed E-state index contributed by atoms with van der Waals surface area (Å²) >= 11 is 0. The highest BCUT2D eigenvalue weighted by molar-refractivity contribution is 7.00. The van der Waals surface area contributed by atoms with E-state index in [4.69, 9.17) is 0 Å². The molecule has 0 bridgehead atoms. The van der Waals surface area contributed by atoms with Crippen molar-refractivity contribution >= 4 is 57.2 Å². The Morgan fingerprint density at radius 2 is 0.925 bits per heavy atom. The van der Waals surface area contributed by atoms with Gasteiger partial charge in [-0.15, -0.1) is 0 Å². The van der Waals surface area contributed by atoms with Crippen LogP contribution >= 0.6 is 0 Å². The molecule has 0 unspecified atom stereocenters. The molecule has 67 heavy (non-hydrogen) atoms. The Balaban J connectivity index is 1.29. The number of anilines is 6. The van der Waals surface area contributed by atoms with E-state index in [9.17, 15) is 0 Å². The molecule has 0 amide bonds. The van der Waals surface area contributed by atoms with Crippen molar-refractivity contribution in [2.75, 3.05) is 9.80 Å². The minimum absolute atomic E-state index is 0.0319. The van der Waals surface area contributed by atoms with Crippen molar-refractivity contribution in [3.05, 3.63) is 148 Å². The molecule has 0 N–H and O–H groups in total. The summed E-state index contributed by atoms with van der Waals surface area (Å²) < 4.78 is 0. The maximum Gasteiger partial charge on any atom is 0.252 e. The molecule has 344 valence electrons. The maximum atomic E-state index is 2.74. The lowest BCUT2D eigenvalue weighted by Crippen LogP contribution is -2.62. The summed E-state index contributed by atoms with van der Waals surface area (Å²) in [4.78, 5) is 5.44. The van der Waals surface area contributed by atoms with Gasteiger partial charge in [0.2, 0.25) is 0 Å². The zero-order valence-electron chi connectivity index (χ0n) is 43.8. The number of hydrogen-bond donors (Lipinski definition) is 0. The zero-order valence-corrected chi connectivity index (χ0v) is 43.8. The van der Waals surface area contributed by atoms with Gasteiger partial charge in [-0.3, -0.25) is 0 Å². The van der Waals surface area contributed by atoms with Gasteiger partial charge in [0.05, 0.1) is 0 Å². The van der Waals surface area contributed by atoms with E-state index in [1.54, 1.807) is 0 Å². The number of benzene rings is 6. The second-order valence-corrected chi connectivity index (χ2v) is 26.8. The van der Waals surface area contributed by atoms with E-state index in [-0.39, 0.29) is 44.6 Å². The first-order chi connectivity index (χ1) is 31.2. The first kappa shape index (κ1) is 44.5. The number of hydrogen-bond acceptors (Lipinski definition) is 2. The second kappa shape index (κ2) is 14.0. The molecule has 0 saturated heterocycles. The highest BCUT2D eigenvalue weighted by Gasteiger charge is 2.49. The third-order valence-electron chi connectivity index (χ3n) is 18.0. The highest BCUT2D eigenvalue weighted by atomic mass is 15.2. The summed E-state index contributed by atoms with van der Waals surface area (Å²) in [6.45, 7) is 39.3. The summed E-state index contributed by atoms with van der Waals surface area (Å²) in [5.74, 6) is 0. The van der Waals surface area contributed by atoms with Crippen molar-refractivity contribution in [3.63, 3.8) is 0 Å². The fourth-order valence-corrected chi connectivity index (χ4v) is 13.9. The van der Waals surface area contributed by atoms with Crippen molar-refractivity contribution in [1.82, 2.24) is 0 Å². The smallest absolute Gasteiger partial charge is 0.252 e. The molecule has 6 aromatic carbocycles. The van der Waals surface area contributed by atoms with Gasteiger partial charge < -0.3 is 9.80 Å². The van der Waals surface area contributed by atoms with E-state index in [0.717, 1.165) is 6.42 Å². The highest BCUT2D eigenvalue weighted by Crippen LogP contribution is 2.56. The Hall–Kier alpha value is -5.02. The molecule has 6 aromatic rings. The van der Waals surface area contributed by atoms with E-state index in [0.29, 0.717) is 0 Å². The zero-order chi connectivity index (χ0) is 47.8. The van der Waals surface area contributed by atoms with Crippen LogP contribution in [0.25, 0.3) is 11.1 Å². The van der Waals surface area contributed by atoms with E-state index < -0.39 is 0 Å². The molecule has 2 nitrogen and oxygen atoms in total. The fourth-order valence-electron chi connectivity index (χ4n) is 13.9. The van der Waals surface area contributed by atoms with Crippen molar-refractivity contribution in [2.24, 2.45) is 0 Å². The van der Waals surface area contributed by atoms with Gasteiger partial charge in [-0.25, -0.2) is 0 Å². The van der Waals surface area contributed by atoms with Gasteiger partial charge in [-0.1, -0.05) is 165 Å². The summed E-state index contributed by atoms with van der Waals surface area (Å²) in [6, 6.07) is 41.8. The molecule has 5 aliphatic rings. The molecule has 0 saturated carbocycles. The van der Waals surface area contributed by atoms with Gasteiger partial charge in [0.25, 0.3) is 6.71 Å². The molecular formula is C64H75BN2. The average molecular weight is 883 g/mol. The SMILES string of the molecule is Cc1cc2c(cc1N1c3ccc(-c4ccccc4)cc3B3c4cc5c(cc4N(c4ccc6c(c4)C(C)(C)CCC6(C)C)c4cc(C(C)(C)C)cc1c43)C(C)(C)CCC5(C)C)C(C)(C)CC2(C)C. The van der Waals surface area contributed by atoms with Gasteiger partial charge in [-0.05, 0) is 191 Å². The summed E-state index contributed by atoms with van der Waals surface area (Å²) in [5, 5.41) is 0. The first-order valence-corrected chi connectivity index (χ1v) is 25.7. The lowest BCUT2D eigenvalue weighted by atomic mass is 9.33. The lowest BCUT2D eigenvalue weighted by Gasteiger charge is -2.48. The van der Waals surface area contributed by atoms with Gasteiger partial charge in [-0.2, -0.15) is 0 Å². The minimum Gasteiger partial charge on any atom is -0.311 e. The molecular weight excluding hydrogens is 808 g/mol. The first-order valence-electron chi connectivity index (χ1n) is 25.7. The average Bonchev–Trinajstić information content (AvgIpc) is 3.44. The minimum atomic E-state index is -0.0984. The molecule has 11 rings (SSSR count). The predicted molar refractivity (Wildman–Crippen MR) is 291 cm³/mol. The van der Waals surface area contributed by atoms with Crippen LogP contribution in [-0.4, -0.2) is 6.71 Å². The molecule has 2 aliphatic heterocycles. The van der Waals surface area contributed by atoms with Crippen LogP contribution in [0.2, 0.25) is 0 Å². The third kappa shape index (κ3) is 6.62. The van der Waals surface area contributed by atoms with Gasteiger partial charge in [0, 0.05) is 34.1 Å². The molecule has 0 aromatic heterocycles. The Morgan fingerprint density at radius 1 is 0.418 bits per heavy atom. The molecule has 0 atom stereocenters. The van der Waals surface area contributed by atoms with Crippen LogP contribution in [-0.2, 0) is 37.9 Å². The van der Waals surface area contributed by atoms with E-state index >= 15 is 0 Å². The predicted octanol–water partition coefficient (Wildman–Crippen LogP) is 15.7. The Kier molecular flexibility index (Phi) is 9.33. The maximum absolute atomic E-state index is 2.74. The van der Waals surface area contributed by atoms with E-state index in [1.165, 1.54) is 132 Å². The Morgan fingerprint density at radius 3 is 1.54 bits per heavy atom. The van der Waals surface area contributed by atoms with Crippen LogP contribution in [0.4, 0.5) is 34.1 Å². The Labute approximate surface area is 404 Å². The van der Waals surface area contributed by atoms with Crippen molar-refractivity contribution in [1.29, 1.82) is 0 Å². The van der Waals surface area contributed by atoms with E-state index in [2.05, 4.69) is 224 Å². The third-order valence-corrected chi connectivity index (χ3v) is 18.0. The van der Waals surface area contributed by atoms with Crippen molar-refractivity contribution < 1.29 is 0 Å². The van der Waals surface area contributed by atoms with Gasteiger partial charge >= 0.3 is 0 Å². The van der Waals surface area contributed by atoms with Crippen LogP contribution in [0.5, 0.6) is 0 Å². The van der Waals surface area contributed by atoms with Crippen LogP contribution < -0.4 is 26.2 Å². The number of aryl methyl sites for hydroxylation is 1. The number of rotatable bonds is 3. The molecule has 0 radical (unpaired) electrons. The van der Waals surface area contributed by atoms with Gasteiger partial charge in [0.15, 0.2) is 0 Å². The summed E-state index contributed by atoms with van der Waals surface area (Å²) in [7, 11) is 0. The van der Waals surface area contributed by atoms with Gasteiger partial charge in [0.1, 0.15) is 0 Å². The topological polar surface area (TPSA) is 6.48 Å². The standard InChI is InChI=1S/C64H75BN2/c1-39-30-45-49(64(15,16)38-63(45,13)14)36-53(39)67-52-25-22-41(40-20-18-17-19-21-40)31-50(52)65-51-35-47-48(62(11,12)29-28-61(47,9)10)37-54(51)66(55-32-42(58(2,3)4)33-56(67)57(55)65)43-23-24-44-46(34-43)60(7,8)27-26-59(44,5)6/h17-25,30-37H,26-29,38H2,1-16H3. The van der Waals surface area contributed by atoms with Crippen LogP contribution in [0.3, 0.4) is 0 Å². The summed E-state index contributed by atoms with van der Waals surface area (Å²) in [6.07, 6.45) is 5.89. The second-order valence-electron chi connectivity index (χ2n) is 26.8. The Bertz CT molecular complexity index is 3060. The normalized spacial score (nSPS) is 20.6. The molecule has 3 aliphatic carbocycles.